The van der Waals surface area contributed by atoms with Gasteiger partial charge in [0.1, 0.15) is 0 Å². The molecule has 1 aliphatic rings. The SMILES string of the molecule is CCOc1ccc(-c2nc(-c3cccc4c3CCC4O)no2)cc1[N+](=O)[O-]. The molecule has 1 N–H and O–H groups in total. The Morgan fingerprint density at radius 1 is 1.37 bits per heavy atom. The van der Waals surface area contributed by atoms with Crippen LogP contribution in [-0.2, 0) is 6.42 Å². The minimum Gasteiger partial charge on any atom is -0.487 e. The topological polar surface area (TPSA) is 112 Å². The molecule has 0 fully saturated rings. The Labute approximate surface area is 154 Å². The van der Waals surface area contributed by atoms with Crippen LogP contribution in [0.4, 0.5) is 5.69 Å². The van der Waals surface area contributed by atoms with Crippen LogP contribution in [0, 0.1) is 10.1 Å². The second-order valence-corrected chi connectivity index (χ2v) is 6.22. The molecule has 0 saturated carbocycles. The monoisotopic (exact) mass is 367 g/mol. The van der Waals surface area contributed by atoms with E-state index in [4.69, 9.17) is 9.26 Å². The van der Waals surface area contributed by atoms with Crippen LogP contribution in [0.3, 0.4) is 0 Å². The van der Waals surface area contributed by atoms with Gasteiger partial charge in [-0.05, 0) is 43.0 Å². The molecule has 1 aliphatic carbocycles. The molecule has 0 radical (unpaired) electrons. The third-order valence-electron chi connectivity index (χ3n) is 4.61. The van der Waals surface area contributed by atoms with Gasteiger partial charge in [-0.25, -0.2) is 0 Å². The smallest absolute Gasteiger partial charge is 0.311 e. The van der Waals surface area contributed by atoms with Gasteiger partial charge >= 0.3 is 5.69 Å². The summed E-state index contributed by atoms with van der Waals surface area (Å²) in [6.45, 7) is 2.09. The maximum Gasteiger partial charge on any atom is 0.311 e. The van der Waals surface area contributed by atoms with Crippen molar-refractivity contribution in [1.82, 2.24) is 10.1 Å². The van der Waals surface area contributed by atoms with Crippen molar-refractivity contribution in [2.75, 3.05) is 6.61 Å². The molecule has 8 nitrogen and oxygen atoms in total. The quantitative estimate of drug-likeness (QED) is 0.540. The first-order valence-corrected chi connectivity index (χ1v) is 8.64. The van der Waals surface area contributed by atoms with E-state index in [1.807, 2.05) is 18.2 Å². The lowest BCUT2D eigenvalue weighted by molar-refractivity contribution is -0.385. The minimum atomic E-state index is -0.503. The van der Waals surface area contributed by atoms with Gasteiger partial charge in [0.05, 0.1) is 17.6 Å². The molecular formula is C19H17N3O5. The van der Waals surface area contributed by atoms with Gasteiger partial charge in [0.15, 0.2) is 5.75 Å². The Balaban J connectivity index is 1.72. The largest absolute Gasteiger partial charge is 0.487 e. The highest BCUT2D eigenvalue weighted by atomic mass is 16.6. The first-order valence-electron chi connectivity index (χ1n) is 8.64. The highest BCUT2D eigenvalue weighted by Gasteiger charge is 2.25. The summed E-state index contributed by atoms with van der Waals surface area (Å²) in [6, 6.07) is 10.2. The van der Waals surface area contributed by atoms with Crippen LogP contribution < -0.4 is 4.74 Å². The van der Waals surface area contributed by atoms with Crippen molar-refractivity contribution >= 4 is 5.69 Å². The first-order chi connectivity index (χ1) is 13.1. The zero-order chi connectivity index (χ0) is 19.0. The molecule has 3 aromatic rings. The molecule has 0 saturated heterocycles. The van der Waals surface area contributed by atoms with Crippen molar-refractivity contribution in [2.45, 2.75) is 25.9 Å². The van der Waals surface area contributed by atoms with Gasteiger partial charge in [-0.3, -0.25) is 10.1 Å². The van der Waals surface area contributed by atoms with Crippen molar-refractivity contribution in [3.63, 3.8) is 0 Å². The van der Waals surface area contributed by atoms with Gasteiger partial charge in [-0.2, -0.15) is 4.98 Å². The summed E-state index contributed by atoms with van der Waals surface area (Å²) < 4.78 is 10.6. The van der Waals surface area contributed by atoms with Crippen LogP contribution in [-0.4, -0.2) is 26.8 Å². The Bertz CT molecular complexity index is 1010. The van der Waals surface area contributed by atoms with Gasteiger partial charge in [0.2, 0.25) is 5.82 Å². The molecule has 1 heterocycles. The summed E-state index contributed by atoms with van der Waals surface area (Å²) in [6.07, 6.45) is 0.938. The Kier molecular flexibility index (Phi) is 4.33. The highest BCUT2D eigenvalue weighted by Crippen LogP contribution is 2.37. The van der Waals surface area contributed by atoms with Crippen molar-refractivity contribution < 1.29 is 19.3 Å². The molecule has 0 bridgehead atoms. The first kappa shape index (κ1) is 17.2. The predicted molar refractivity (Wildman–Crippen MR) is 96.3 cm³/mol. The number of nitrogens with zero attached hydrogens (tertiary/aromatic N) is 3. The third kappa shape index (κ3) is 3.04. The molecule has 1 aromatic heterocycles. The summed E-state index contributed by atoms with van der Waals surface area (Å²) in [7, 11) is 0. The van der Waals surface area contributed by atoms with Crippen molar-refractivity contribution in [2.24, 2.45) is 0 Å². The molecule has 1 unspecified atom stereocenters. The van der Waals surface area contributed by atoms with E-state index in [2.05, 4.69) is 10.1 Å². The molecular weight excluding hydrogens is 350 g/mol. The maximum absolute atomic E-state index is 11.3. The number of fused-ring (bicyclic) bond motifs is 1. The number of ether oxygens (including phenoxy) is 1. The number of hydrogen-bond acceptors (Lipinski definition) is 7. The Morgan fingerprint density at radius 3 is 3.00 bits per heavy atom. The molecule has 2 aromatic carbocycles. The van der Waals surface area contributed by atoms with E-state index in [1.165, 1.54) is 12.1 Å². The summed E-state index contributed by atoms with van der Waals surface area (Å²) >= 11 is 0. The van der Waals surface area contributed by atoms with Crippen LogP contribution in [0.1, 0.15) is 30.6 Å². The molecule has 0 spiro atoms. The minimum absolute atomic E-state index is 0.155. The number of nitro benzene ring substituents is 1. The van der Waals surface area contributed by atoms with E-state index in [0.29, 0.717) is 24.4 Å². The van der Waals surface area contributed by atoms with E-state index in [9.17, 15) is 15.2 Å². The fourth-order valence-electron chi connectivity index (χ4n) is 3.36. The summed E-state index contributed by atoms with van der Waals surface area (Å²) in [5.74, 6) is 0.778. The number of aromatic nitrogens is 2. The van der Waals surface area contributed by atoms with E-state index < -0.39 is 11.0 Å². The number of benzene rings is 2. The fraction of sp³-hybridized carbons (Fsp3) is 0.263. The average Bonchev–Trinajstić information content (AvgIpc) is 3.30. The lowest BCUT2D eigenvalue weighted by Gasteiger charge is -2.06. The molecule has 4 rings (SSSR count). The molecule has 1 atom stereocenters. The van der Waals surface area contributed by atoms with Crippen LogP contribution in [0.25, 0.3) is 22.8 Å². The number of aliphatic hydroxyl groups excluding tert-OH is 1. The second-order valence-electron chi connectivity index (χ2n) is 6.22. The van der Waals surface area contributed by atoms with E-state index in [1.54, 1.807) is 13.0 Å². The number of nitro groups is 1. The molecule has 0 aliphatic heterocycles. The van der Waals surface area contributed by atoms with E-state index >= 15 is 0 Å². The number of rotatable bonds is 5. The van der Waals surface area contributed by atoms with Gasteiger partial charge < -0.3 is 14.4 Å². The zero-order valence-corrected chi connectivity index (χ0v) is 14.6. The highest BCUT2D eigenvalue weighted by molar-refractivity contribution is 5.67. The fourth-order valence-corrected chi connectivity index (χ4v) is 3.36. The Morgan fingerprint density at radius 2 is 2.22 bits per heavy atom. The second kappa shape index (κ2) is 6.81. The summed E-state index contributed by atoms with van der Waals surface area (Å²) in [5, 5.41) is 25.4. The number of hydrogen-bond donors (Lipinski definition) is 1. The average molecular weight is 367 g/mol. The van der Waals surface area contributed by atoms with Crippen LogP contribution in [0.5, 0.6) is 5.75 Å². The molecule has 8 heteroatoms. The normalized spacial score (nSPS) is 15.6. The van der Waals surface area contributed by atoms with E-state index in [0.717, 1.165) is 23.1 Å². The lowest BCUT2D eigenvalue weighted by atomic mass is 10.0. The lowest BCUT2D eigenvalue weighted by Crippen LogP contribution is -1.97. The van der Waals surface area contributed by atoms with Gasteiger partial charge in [0.25, 0.3) is 5.89 Å². The van der Waals surface area contributed by atoms with Crippen molar-refractivity contribution in [3.05, 3.63) is 57.6 Å². The Hall–Kier alpha value is -3.26. The van der Waals surface area contributed by atoms with Gasteiger partial charge in [-0.15, -0.1) is 0 Å². The third-order valence-corrected chi connectivity index (χ3v) is 4.61. The molecule has 0 amide bonds. The predicted octanol–water partition coefficient (Wildman–Crippen LogP) is 3.69. The molecule has 27 heavy (non-hydrogen) atoms. The van der Waals surface area contributed by atoms with Gasteiger partial charge in [-0.1, -0.05) is 23.4 Å². The number of aliphatic hydroxyl groups is 1. The zero-order valence-electron chi connectivity index (χ0n) is 14.6. The van der Waals surface area contributed by atoms with Crippen LogP contribution in [0.15, 0.2) is 40.9 Å². The van der Waals surface area contributed by atoms with Crippen molar-refractivity contribution in [3.8, 4) is 28.6 Å². The van der Waals surface area contributed by atoms with Crippen LogP contribution >= 0.6 is 0 Å². The molecule has 138 valence electrons. The van der Waals surface area contributed by atoms with Gasteiger partial charge in [0, 0.05) is 17.2 Å². The van der Waals surface area contributed by atoms with Crippen molar-refractivity contribution in [1.29, 1.82) is 0 Å². The standard InChI is InChI=1S/C19H17N3O5/c1-2-26-17-9-6-11(10-15(17)22(24)25)19-20-18(21-27-19)14-5-3-4-13-12(14)7-8-16(13)23/h3-6,9-10,16,23H,2,7-8H2,1H3. The summed E-state index contributed by atoms with van der Waals surface area (Å²) in [4.78, 5) is 15.2. The van der Waals surface area contributed by atoms with E-state index in [-0.39, 0.29) is 17.3 Å². The maximum atomic E-state index is 11.3. The van der Waals surface area contributed by atoms with Crippen LogP contribution in [0.2, 0.25) is 0 Å². The summed E-state index contributed by atoms with van der Waals surface area (Å²) in [5.41, 5.74) is 2.99.